The van der Waals surface area contributed by atoms with Gasteiger partial charge in [-0.25, -0.2) is 0 Å². The number of nitrogens with zero attached hydrogens (tertiary/aromatic N) is 1. The number of benzene rings is 1. The Morgan fingerprint density at radius 1 is 1.44 bits per heavy atom. The average Bonchev–Trinajstić information content (AvgIpc) is 2.39. The minimum Gasteiger partial charge on any atom is -0.479 e. The maximum Gasteiger partial charge on any atom is 0.267 e. The van der Waals surface area contributed by atoms with Crippen LogP contribution in [-0.2, 0) is 11.4 Å². The maximum absolute atomic E-state index is 12.1. The number of hydrogen-bond donors (Lipinski definition) is 1. The minimum atomic E-state index is -0.455. The van der Waals surface area contributed by atoms with Crippen LogP contribution < -0.4 is 9.64 Å². The summed E-state index contributed by atoms with van der Waals surface area (Å²) in [5.74, 6) is 0.692. The first-order valence-electron chi connectivity index (χ1n) is 6.39. The van der Waals surface area contributed by atoms with Gasteiger partial charge in [0.2, 0.25) is 0 Å². The lowest BCUT2D eigenvalue weighted by Gasteiger charge is -2.33. The van der Waals surface area contributed by atoms with Crippen molar-refractivity contribution in [1.29, 1.82) is 0 Å². The molecule has 1 aliphatic rings. The molecule has 1 heterocycles. The van der Waals surface area contributed by atoms with E-state index in [2.05, 4.69) is 6.92 Å². The van der Waals surface area contributed by atoms with Crippen LogP contribution in [0, 0.1) is 0 Å². The molecular formula is C14H19NO3. The summed E-state index contributed by atoms with van der Waals surface area (Å²) < 4.78 is 5.59. The predicted molar refractivity (Wildman–Crippen MR) is 69.7 cm³/mol. The van der Waals surface area contributed by atoms with E-state index in [0.717, 1.165) is 24.1 Å². The summed E-state index contributed by atoms with van der Waals surface area (Å²) >= 11 is 0. The Labute approximate surface area is 107 Å². The molecule has 2 rings (SSSR count). The van der Waals surface area contributed by atoms with Crippen molar-refractivity contribution < 1.29 is 14.6 Å². The molecular weight excluding hydrogens is 230 g/mol. The van der Waals surface area contributed by atoms with Crippen molar-refractivity contribution in [1.82, 2.24) is 0 Å². The van der Waals surface area contributed by atoms with Gasteiger partial charge in [-0.15, -0.1) is 0 Å². The van der Waals surface area contributed by atoms with Gasteiger partial charge in [-0.2, -0.15) is 0 Å². The second kappa shape index (κ2) is 5.40. The average molecular weight is 249 g/mol. The van der Waals surface area contributed by atoms with Crippen LogP contribution in [0.15, 0.2) is 18.2 Å². The fraction of sp³-hybridized carbons (Fsp3) is 0.500. The maximum atomic E-state index is 12.1. The Bertz CT molecular complexity index is 445. The van der Waals surface area contributed by atoms with Gasteiger partial charge in [-0.05, 0) is 31.0 Å². The van der Waals surface area contributed by atoms with E-state index in [1.54, 1.807) is 17.9 Å². The highest BCUT2D eigenvalue weighted by Gasteiger charge is 2.30. The van der Waals surface area contributed by atoms with Crippen LogP contribution in [0.25, 0.3) is 0 Å². The van der Waals surface area contributed by atoms with Crippen LogP contribution in [-0.4, -0.2) is 23.7 Å². The number of aliphatic hydroxyl groups excluding tert-OH is 1. The van der Waals surface area contributed by atoms with Crippen molar-refractivity contribution in [2.24, 2.45) is 0 Å². The van der Waals surface area contributed by atoms with Crippen LogP contribution in [0.1, 0.15) is 32.3 Å². The molecule has 0 radical (unpaired) electrons. The second-order valence-electron chi connectivity index (χ2n) is 4.56. The zero-order valence-electron chi connectivity index (χ0n) is 10.8. The third-order valence-electron chi connectivity index (χ3n) is 3.15. The fourth-order valence-corrected chi connectivity index (χ4v) is 2.10. The molecule has 1 atom stereocenters. The number of unbranched alkanes of at least 4 members (excludes halogenated alkanes) is 1. The molecule has 0 fully saturated rings. The lowest BCUT2D eigenvalue weighted by molar-refractivity contribution is -0.125. The van der Waals surface area contributed by atoms with Crippen LogP contribution in [0.4, 0.5) is 5.69 Å². The van der Waals surface area contributed by atoms with Gasteiger partial charge in [0, 0.05) is 6.54 Å². The summed E-state index contributed by atoms with van der Waals surface area (Å²) in [6.07, 6.45) is 1.56. The molecule has 1 unspecified atom stereocenters. The SMILES string of the molecule is CCCCN1C(=O)C(C)Oc2cc(CO)ccc21. The molecule has 4 nitrogen and oxygen atoms in total. The van der Waals surface area contributed by atoms with Crippen molar-refractivity contribution in [3.8, 4) is 5.75 Å². The summed E-state index contributed by atoms with van der Waals surface area (Å²) in [7, 11) is 0. The normalized spacial score (nSPS) is 18.5. The standard InChI is InChI=1S/C14H19NO3/c1-3-4-7-15-12-6-5-11(9-16)8-13(12)18-10(2)14(15)17/h5-6,8,10,16H,3-4,7,9H2,1-2H3. The molecule has 0 aromatic heterocycles. The number of fused-ring (bicyclic) bond motifs is 1. The molecule has 0 saturated heterocycles. The first kappa shape index (κ1) is 12.9. The Kier molecular flexibility index (Phi) is 3.87. The molecule has 98 valence electrons. The molecule has 0 spiro atoms. The number of amides is 1. The largest absolute Gasteiger partial charge is 0.479 e. The zero-order valence-corrected chi connectivity index (χ0v) is 10.8. The summed E-state index contributed by atoms with van der Waals surface area (Å²) in [5, 5.41) is 9.13. The van der Waals surface area contributed by atoms with Crippen molar-refractivity contribution in [2.45, 2.75) is 39.4 Å². The van der Waals surface area contributed by atoms with E-state index in [1.807, 2.05) is 12.1 Å². The summed E-state index contributed by atoms with van der Waals surface area (Å²) in [6.45, 7) is 4.56. The number of ether oxygens (including phenoxy) is 1. The van der Waals surface area contributed by atoms with Gasteiger partial charge in [-0.3, -0.25) is 4.79 Å². The van der Waals surface area contributed by atoms with E-state index < -0.39 is 6.10 Å². The van der Waals surface area contributed by atoms with Gasteiger partial charge in [0.05, 0.1) is 12.3 Å². The number of carbonyl (C=O) groups is 1. The van der Waals surface area contributed by atoms with E-state index in [0.29, 0.717) is 12.3 Å². The van der Waals surface area contributed by atoms with Gasteiger partial charge in [0.25, 0.3) is 5.91 Å². The molecule has 4 heteroatoms. The Morgan fingerprint density at radius 2 is 2.22 bits per heavy atom. The molecule has 1 N–H and O–H groups in total. The highest BCUT2D eigenvalue weighted by Crippen LogP contribution is 2.35. The lowest BCUT2D eigenvalue weighted by atomic mass is 10.1. The third kappa shape index (κ3) is 2.34. The minimum absolute atomic E-state index is 0.00713. The summed E-state index contributed by atoms with van der Waals surface area (Å²) in [6, 6.07) is 5.47. The molecule has 1 amide bonds. The van der Waals surface area contributed by atoms with Gasteiger partial charge >= 0.3 is 0 Å². The first-order valence-corrected chi connectivity index (χ1v) is 6.39. The van der Waals surface area contributed by atoms with Crippen molar-refractivity contribution >= 4 is 11.6 Å². The zero-order chi connectivity index (χ0) is 13.1. The Hall–Kier alpha value is -1.55. The lowest BCUT2D eigenvalue weighted by Crippen LogP contribution is -2.44. The number of anilines is 1. The van der Waals surface area contributed by atoms with Crippen molar-refractivity contribution in [3.05, 3.63) is 23.8 Å². The monoisotopic (exact) mass is 249 g/mol. The Balaban J connectivity index is 2.34. The highest BCUT2D eigenvalue weighted by atomic mass is 16.5. The smallest absolute Gasteiger partial charge is 0.267 e. The second-order valence-corrected chi connectivity index (χ2v) is 4.56. The third-order valence-corrected chi connectivity index (χ3v) is 3.15. The van der Waals surface area contributed by atoms with Gasteiger partial charge < -0.3 is 14.7 Å². The summed E-state index contributed by atoms with van der Waals surface area (Å²) in [5.41, 5.74) is 1.61. The molecule has 1 aromatic rings. The quantitative estimate of drug-likeness (QED) is 0.889. The van der Waals surface area contributed by atoms with Crippen LogP contribution in [0.5, 0.6) is 5.75 Å². The molecule has 0 aliphatic carbocycles. The topological polar surface area (TPSA) is 49.8 Å². The highest BCUT2D eigenvalue weighted by molar-refractivity contribution is 5.99. The molecule has 18 heavy (non-hydrogen) atoms. The molecule has 1 aromatic carbocycles. The van der Waals surface area contributed by atoms with E-state index in [-0.39, 0.29) is 12.5 Å². The molecule has 1 aliphatic heterocycles. The fourth-order valence-electron chi connectivity index (χ4n) is 2.10. The first-order chi connectivity index (χ1) is 8.67. The summed E-state index contributed by atoms with van der Waals surface area (Å²) in [4.78, 5) is 13.9. The predicted octanol–water partition coefficient (Wildman–Crippen LogP) is 2.09. The van der Waals surface area contributed by atoms with Crippen molar-refractivity contribution in [2.75, 3.05) is 11.4 Å². The van der Waals surface area contributed by atoms with Gasteiger partial charge in [-0.1, -0.05) is 19.4 Å². The van der Waals surface area contributed by atoms with E-state index in [4.69, 9.17) is 9.84 Å². The number of hydrogen-bond acceptors (Lipinski definition) is 3. The van der Waals surface area contributed by atoms with E-state index in [9.17, 15) is 4.79 Å². The van der Waals surface area contributed by atoms with Crippen LogP contribution in [0.2, 0.25) is 0 Å². The molecule has 0 bridgehead atoms. The number of aliphatic hydroxyl groups is 1. The number of carbonyl (C=O) groups excluding carboxylic acids is 1. The van der Waals surface area contributed by atoms with Gasteiger partial charge in [0.15, 0.2) is 6.10 Å². The van der Waals surface area contributed by atoms with Crippen LogP contribution in [0.3, 0.4) is 0 Å². The van der Waals surface area contributed by atoms with E-state index >= 15 is 0 Å². The Morgan fingerprint density at radius 3 is 2.89 bits per heavy atom. The van der Waals surface area contributed by atoms with Crippen LogP contribution >= 0.6 is 0 Å². The van der Waals surface area contributed by atoms with E-state index in [1.165, 1.54) is 0 Å². The van der Waals surface area contributed by atoms with Crippen molar-refractivity contribution in [3.63, 3.8) is 0 Å². The number of rotatable bonds is 4. The van der Waals surface area contributed by atoms with Gasteiger partial charge in [0.1, 0.15) is 5.75 Å². The molecule has 0 saturated carbocycles.